The lowest BCUT2D eigenvalue weighted by Gasteiger charge is -2.10. The van der Waals surface area contributed by atoms with Crippen LogP contribution in [0.4, 0.5) is 0 Å². The molecule has 1 aromatic rings. The molecule has 0 heterocycles. The van der Waals surface area contributed by atoms with Crippen LogP contribution in [0.5, 0.6) is 0 Å². The normalized spacial score (nSPS) is 21.7. The minimum absolute atomic E-state index is 0.0176. The number of amides is 1. The summed E-state index contributed by atoms with van der Waals surface area (Å²) in [6.07, 6.45) is 0.812. The highest BCUT2D eigenvalue weighted by molar-refractivity contribution is 5.82. The van der Waals surface area contributed by atoms with Crippen LogP contribution >= 0.6 is 0 Å². The van der Waals surface area contributed by atoms with Gasteiger partial charge in [-0.15, -0.1) is 0 Å². The molecular formula is C14H20N2O2. The molecule has 0 bridgehead atoms. The number of benzene rings is 1. The number of nitrogens with two attached hydrogens (primary N) is 1. The number of nitrogens with one attached hydrogen (secondary N) is 1. The maximum Gasteiger partial charge on any atom is 0.225 e. The van der Waals surface area contributed by atoms with Crippen LogP contribution in [0.3, 0.4) is 0 Å². The Hall–Kier alpha value is -1.39. The molecule has 98 valence electrons. The second-order valence-corrected chi connectivity index (χ2v) is 4.63. The third-order valence-electron chi connectivity index (χ3n) is 3.21. The average Bonchev–Trinajstić information content (AvgIpc) is 3.11. The van der Waals surface area contributed by atoms with Gasteiger partial charge in [0.1, 0.15) is 0 Å². The summed E-state index contributed by atoms with van der Waals surface area (Å²) in [6.45, 7) is 3.80. The number of hydrogen-bond acceptors (Lipinski definition) is 3. The Morgan fingerprint density at radius 1 is 1.44 bits per heavy atom. The molecule has 0 aromatic heterocycles. The lowest BCUT2D eigenvalue weighted by atomic mass is 10.1. The Labute approximate surface area is 108 Å². The van der Waals surface area contributed by atoms with Gasteiger partial charge in [0.15, 0.2) is 0 Å². The second-order valence-electron chi connectivity index (χ2n) is 4.63. The van der Waals surface area contributed by atoms with Crippen molar-refractivity contribution in [2.75, 3.05) is 6.61 Å². The van der Waals surface area contributed by atoms with Crippen LogP contribution in [0, 0.1) is 5.92 Å². The summed E-state index contributed by atoms with van der Waals surface area (Å²) in [4.78, 5) is 11.7. The molecule has 1 aliphatic carbocycles. The van der Waals surface area contributed by atoms with Crippen LogP contribution in [0.15, 0.2) is 24.3 Å². The van der Waals surface area contributed by atoms with Gasteiger partial charge in [-0.25, -0.2) is 0 Å². The van der Waals surface area contributed by atoms with Gasteiger partial charge >= 0.3 is 0 Å². The van der Waals surface area contributed by atoms with Gasteiger partial charge in [0, 0.05) is 19.2 Å². The van der Waals surface area contributed by atoms with E-state index >= 15 is 0 Å². The van der Waals surface area contributed by atoms with Crippen LogP contribution < -0.4 is 11.1 Å². The summed E-state index contributed by atoms with van der Waals surface area (Å²) in [6, 6.07) is 8.06. The molecule has 18 heavy (non-hydrogen) atoms. The third kappa shape index (κ3) is 3.31. The van der Waals surface area contributed by atoms with Gasteiger partial charge in [-0.1, -0.05) is 24.3 Å². The van der Waals surface area contributed by atoms with Crippen molar-refractivity contribution >= 4 is 5.91 Å². The lowest BCUT2D eigenvalue weighted by molar-refractivity contribution is -0.122. The average molecular weight is 248 g/mol. The molecule has 2 rings (SSSR count). The second kappa shape index (κ2) is 5.98. The first-order valence-corrected chi connectivity index (χ1v) is 6.40. The van der Waals surface area contributed by atoms with E-state index in [9.17, 15) is 4.79 Å². The largest absolute Gasteiger partial charge is 0.377 e. The third-order valence-corrected chi connectivity index (χ3v) is 3.21. The maximum absolute atomic E-state index is 11.7. The zero-order valence-corrected chi connectivity index (χ0v) is 10.7. The Kier molecular flexibility index (Phi) is 4.33. The topological polar surface area (TPSA) is 64.3 Å². The highest BCUT2D eigenvalue weighted by atomic mass is 16.5. The molecular weight excluding hydrogens is 228 g/mol. The fourth-order valence-corrected chi connectivity index (χ4v) is 1.91. The zero-order valence-electron chi connectivity index (χ0n) is 10.7. The molecule has 1 aliphatic rings. The SMILES string of the molecule is CCOCc1ccccc1CNC(=O)C1CC1N. The smallest absolute Gasteiger partial charge is 0.225 e. The van der Waals surface area contributed by atoms with Crippen molar-refractivity contribution in [2.24, 2.45) is 11.7 Å². The summed E-state index contributed by atoms with van der Waals surface area (Å²) >= 11 is 0. The molecule has 3 N–H and O–H groups in total. The highest BCUT2D eigenvalue weighted by Gasteiger charge is 2.39. The van der Waals surface area contributed by atoms with Gasteiger partial charge in [-0.2, -0.15) is 0 Å². The van der Waals surface area contributed by atoms with Crippen LogP contribution in [0.1, 0.15) is 24.5 Å². The molecule has 1 aromatic carbocycles. The van der Waals surface area contributed by atoms with E-state index in [1.54, 1.807) is 0 Å². The molecule has 0 saturated heterocycles. The summed E-state index contributed by atoms with van der Waals surface area (Å²) < 4.78 is 5.41. The number of carbonyl (C=O) groups excluding carboxylic acids is 1. The lowest BCUT2D eigenvalue weighted by Crippen LogP contribution is -2.27. The highest BCUT2D eigenvalue weighted by Crippen LogP contribution is 2.27. The standard InChI is InChI=1S/C14H20N2O2/c1-2-18-9-11-6-4-3-5-10(11)8-16-14(17)12-7-13(12)15/h3-6,12-13H,2,7-9,15H2,1H3,(H,16,17). The predicted octanol–water partition coefficient (Wildman–Crippen LogP) is 1.19. The quantitative estimate of drug-likeness (QED) is 0.794. The fraction of sp³-hybridized carbons (Fsp3) is 0.500. The van der Waals surface area contributed by atoms with Crippen LogP contribution in [0.25, 0.3) is 0 Å². The van der Waals surface area contributed by atoms with Crippen molar-refractivity contribution in [3.8, 4) is 0 Å². The van der Waals surface area contributed by atoms with Gasteiger partial charge in [0.25, 0.3) is 0 Å². The molecule has 1 saturated carbocycles. The number of hydrogen-bond donors (Lipinski definition) is 2. The first-order chi connectivity index (χ1) is 8.72. The van der Waals surface area contributed by atoms with Gasteiger partial charge < -0.3 is 15.8 Å². The Balaban J connectivity index is 1.89. The van der Waals surface area contributed by atoms with Crippen LogP contribution in [0.2, 0.25) is 0 Å². The molecule has 1 amide bonds. The number of rotatable bonds is 6. The van der Waals surface area contributed by atoms with Crippen LogP contribution in [-0.2, 0) is 22.7 Å². The predicted molar refractivity (Wildman–Crippen MR) is 69.7 cm³/mol. The summed E-state index contributed by atoms with van der Waals surface area (Å²) in [5.41, 5.74) is 7.88. The van der Waals surface area contributed by atoms with E-state index in [0.717, 1.165) is 17.5 Å². The molecule has 4 nitrogen and oxygen atoms in total. The Bertz CT molecular complexity index is 420. The summed E-state index contributed by atoms with van der Waals surface area (Å²) in [7, 11) is 0. The molecule has 0 radical (unpaired) electrons. The molecule has 2 unspecified atom stereocenters. The fourth-order valence-electron chi connectivity index (χ4n) is 1.91. The molecule has 0 aliphatic heterocycles. The monoisotopic (exact) mass is 248 g/mol. The van der Waals surface area contributed by atoms with Gasteiger partial charge in [0.2, 0.25) is 5.91 Å². The van der Waals surface area contributed by atoms with Gasteiger partial charge in [-0.05, 0) is 24.5 Å². The minimum atomic E-state index is 0.0176. The minimum Gasteiger partial charge on any atom is -0.377 e. The van der Waals surface area contributed by atoms with Crippen molar-refractivity contribution in [1.29, 1.82) is 0 Å². The Morgan fingerprint density at radius 2 is 2.11 bits per heavy atom. The Morgan fingerprint density at radius 3 is 2.72 bits per heavy atom. The van der Waals surface area contributed by atoms with E-state index in [2.05, 4.69) is 5.32 Å². The van der Waals surface area contributed by atoms with E-state index in [-0.39, 0.29) is 17.9 Å². The molecule has 2 atom stereocenters. The number of ether oxygens (including phenoxy) is 1. The van der Waals surface area contributed by atoms with E-state index in [1.807, 2.05) is 31.2 Å². The van der Waals surface area contributed by atoms with E-state index in [1.165, 1.54) is 0 Å². The van der Waals surface area contributed by atoms with E-state index in [0.29, 0.717) is 19.8 Å². The van der Waals surface area contributed by atoms with Crippen molar-refractivity contribution in [2.45, 2.75) is 32.5 Å². The van der Waals surface area contributed by atoms with E-state index < -0.39 is 0 Å². The van der Waals surface area contributed by atoms with Crippen LogP contribution in [-0.4, -0.2) is 18.6 Å². The molecule has 1 fully saturated rings. The zero-order chi connectivity index (χ0) is 13.0. The molecule has 0 spiro atoms. The van der Waals surface area contributed by atoms with Crippen molar-refractivity contribution in [3.05, 3.63) is 35.4 Å². The first kappa shape index (κ1) is 13.1. The molecule has 4 heteroatoms. The summed E-state index contributed by atoms with van der Waals surface area (Å²) in [5, 5.41) is 2.93. The van der Waals surface area contributed by atoms with Crippen molar-refractivity contribution < 1.29 is 9.53 Å². The number of carbonyl (C=O) groups is 1. The van der Waals surface area contributed by atoms with Crippen molar-refractivity contribution in [1.82, 2.24) is 5.32 Å². The van der Waals surface area contributed by atoms with Gasteiger partial charge in [0.05, 0.1) is 12.5 Å². The first-order valence-electron chi connectivity index (χ1n) is 6.40. The maximum atomic E-state index is 11.7. The van der Waals surface area contributed by atoms with E-state index in [4.69, 9.17) is 10.5 Å². The summed E-state index contributed by atoms with van der Waals surface area (Å²) in [5.74, 6) is 0.0813. The van der Waals surface area contributed by atoms with Gasteiger partial charge in [-0.3, -0.25) is 4.79 Å². The van der Waals surface area contributed by atoms with Crippen molar-refractivity contribution in [3.63, 3.8) is 0 Å².